The van der Waals surface area contributed by atoms with E-state index in [0.717, 1.165) is 48.7 Å². The molecular formula is C26H40N4O2S2. The van der Waals surface area contributed by atoms with Crippen molar-refractivity contribution in [1.82, 2.24) is 14.8 Å². The number of thiocarbonyl (C=S) groups is 1. The monoisotopic (exact) mass is 504 g/mol. The Morgan fingerprint density at radius 1 is 1.21 bits per heavy atom. The molecule has 2 atom stereocenters. The van der Waals surface area contributed by atoms with Gasteiger partial charge in [-0.2, -0.15) is 4.98 Å². The van der Waals surface area contributed by atoms with Gasteiger partial charge in [-0.3, -0.25) is 4.90 Å². The summed E-state index contributed by atoms with van der Waals surface area (Å²) in [5, 5.41) is 2.21. The molecular weight excluding hydrogens is 464 g/mol. The lowest BCUT2D eigenvalue weighted by atomic mass is 9.75. The maximum atomic E-state index is 6.09. The van der Waals surface area contributed by atoms with Crippen molar-refractivity contribution in [2.45, 2.75) is 58.0 Å². The molecule has 4 rings (SSSR count). The topological polar surface area (TPSA) is 45.0 Å². The molecule has 2 aromatic rings. The summed E-state index contributed by atoms with van der Waals surface area (Å²) in [6.45, 7) is 8.34. The minimum atomic E-state index is 0.210. The molecule has 3 heterocycles. The first-order valence-electron chi connectivity index (χ1n) is 12.8. The fraction of sp³-hybridized carbons (Fsp3) is 0.692. The molecule has 6 nitrogen and oxygen atoms in total. The van der Waals surface area contributed by atoms with Gasteiger partial charge in [0.25, 0.3) is 0 Å². The normalized spacial score (nSPS) is 23.6. The van der Waals surface area contributed by atoms with E-state index in [4.69, 9.17) is 26.4 Å². The van der Waals surface area contributed by atoms with E-state index in [9.17, 15) is 0 Å². The molecule has 8 heteroatoms. The molecule has 2 aliphatic rings. The summed E-state index contributed by atoms with van der Waals surface area (Å²) >= 11 is 7.39. The first-order valence-corrected chi connectivity index (χ1v) is 14.1. The van der Waals surface area contributed by atoms with Crippen LogP contribution in [0.4, 0.5) is 5.82 Å². The van der Waals surface area contributed by atoms with E-state index >= 15 is 0 Å². The van der Waals surface area contributed by atoms with Crippen LogP contribution in [0, 0.1) is 11.8 Å². The van der Waals surface area contributed by atoms with Crippen LogP contribution in [0.25, 0.3) is 0 Å². The van der Waals surface area contributed by atoms with E-state index in [-0.39, 0.29) is 6.04 Å². The summed E-state index contributed by atoms with van der Waals surface area (Å²) in [5.41, 5.74) is 0. The smallest absolute Gasteiger partial charge is 0.213 e. The van der Waals surface area contributed by atoms with Crippen LogP contribution in [0.1, 0.15) is 68.8 Å². The number of hydrogen-bond donors (Lipinski definition) is 0. The van der Waals surface area contributed by atoms with Crippen molar-refractivity contribution in [2.24, 2.45) is 11.8 Å². The van der Waals surface area contributed by atoms with Crippen molar-refractivity contribution in [3.63, 3.8) is 0 Å². The van der Waals surface area contributed by atoms with Gasteiger partial charge in [0.15, 0.2) is 5.82 Å². The Kier molecular flexibility index (Phi) is 9.15. The molecule has 0 amide bonds. The molecule has 0 N–H and O–H groups in total. The van der Waals surface area contributed by atoms with E-state index in [1.807, 2.05) is 11.3 Å². The molecule has 2 aromatic heterocycles. The number of ether oxygens (including phenoxy) is 1. The third-order valence-corrected chi connectivity index (χ3v) is 8.88. The molecule has 0 spiro atoms. The molecule has 1 aliphatic heterocycles. The van der Waals surface area contributed by atoms with Crippen LogP contribution in [-0.2, 0) is 4.74 Å². The van der Waals surface area contributed by atoms with Gasteiger partial charge in [0.2, 0.25) is 5.89 Å². The Morgan fingerprint density at radius 2 is 1.97 bits per heavy atom. The number of rotatable bonds is 10. The Hall–Kier alpha value is -1.32. The maximum absolute atomic E-state index is 6.09. The number of nitrogens with zero attached hydrogens (tertiary/aromatic N) is 4. The Labute approximate surface area is 214 Å². The zero-order valence-electron chi connectivity index (χ0n) is 21.1. The highest BCUT2D eigenvalue weighted by atomic mass is 32.1. The fourth-order valence-electron chi connectivity index (χ4n) is 5.81. The van der Waals surface area contributed by atoms with Gasteiger partial charge in [-0.25, -0.2) is 0 Å². The van der Waals surface area contributed by atoms with Crippen molar-refractivity contribution in [1.29, 1.82) is 0 Å². The highest BCUT2D eigenvalue weighted by Gasteiger charge is 2.34. The van der Waals surface area contributed by atoms with Crippen LogP contribution < -0.4 is 4.90 Å². The number of hydrogen-bond acceptors (Lipinski definition) is 7. The highest BCUT2D eigenvalue weighted by Crippen LogP contribution is 2.43. The van der Waals surface area contributed by atoms with E-state index in [0.29, 0.717) is 25.2 Å². The van der Waals surface area contributed by atoms with Crippen LogP contribution in [-0.4, -0.2) is 66.7 Å². The summed E-state index contributed by atoms with van der Waals surface area (Å²) in [5.74, 6) is 3.09. The largest absolute Gasteiger partial charge is 0.445 e. The summed E-state index contributed by atoms with van der Waals surface area (Å²) < 4.78 is 11.6. The zero-order valence-corrected chi connectivity index (χ0v) is 22.7. The number of oxazole rings is 1. The van der Waals surface area contributed by atoms with Crippen LogP contribution in [0.2, 0.25) is 0 Å². The van der Waals surface area contributed by atoms with Crippen molar-refractivity contribution in [3.8, 4) is 0 Å². The molecule has 1 saturated carbocycles. The van der Waals surface area contributed by atoms with Crippen LogP contribution in [0.5, 0.6) is 0 Å². The average molecular weight is 505 g/mol. The predicted molar refractivity (Wildman–Crippen MR) is 144 cm³/mol. The molecule has 0 bridgehead atoms. The summed E-state index contributed by atoms with van der Waals surface area (Å²) in [6, 6.07) is 5.23. The second-order valence-electron chi connectivity index (χ2n) is 9.82. The predicted octanol–water partition coefficient (Wildman–Crippen LogP) is 5.78. The van der Waals surface area contributed by atoms with Gasteiger partial charge >= 0.3 is 0 Å². The first kappa shape index (κ1) is 25.8. The van der Waals surface area contributed by atoms with Gasteiger partial charge in [0.1, 0.15) is 11.3 Å². The molecule has 0 aromatic carbocycles. The number of anilines is 1. The average Bonchev–Trinajstić information content (AvgIpc) is 3.53. The number of morpholine rings is 1. The maximum Gasteiger partial charge on any atom is 0.213 e. The van der Waals surface area contributed by atoms with E-state index in [1.165, 1.54) is 30.6 Å². The molecule has 1 saturated heterocycles. The molecule has 0 radical (unpaired) electrons. The quantitative estimate of drug-likeness (QED) is 0.380. The Balaban J connectivity index is 1.43. The van der Waals surface area contributed by atoms with Crippen molar-refractivity contribution in [3.05, 3.63) is 34.5 Å². The number of aromatic nitrogens is 1. The van der Waals surface area contributed by atoms with Gasteiger partial charge in [0.05, 0.1) is 19.3 Å². The van der Waals surface area contributed by atoms with Gasteiger partial charge in [-0.05, 0) is 69.7 Å². The van der Waals surface area contributed by atoms with Crippen molar-refractivity contribution < 1.29 is 9.15 Å². The van der Waals surface area contributed by atoms with E-state index in [2.05, 4.69) is 60.2 Å². The van der Waals surface area contributed by atoms with E-state index < -0.39 is 0 Å². The number of thiophene rings is 1. The van der Waals surface area contributed by atoms with Gasteiger partial charge in [0, 0.05) is 17.5 Å². The lowest BCUT2D eigenvalue weighted by Crippen LogP contribution is -2.40. The Bertz CT molecular complexity index is 889. The van der Waals surface area contributed by atoms with E-state index in [1.54, 1.807) is 6.26 Å². The summed E-state index contributed by atoms with van der Waals surface area (Å²) in [4.78, 5) is 14.2. The summed E-state index contributed by atoms with van der Waals surface area (Å²) in [6.07, 6.45) is 8.01. The minimum Gasteiger partial charge on any atom is -0.445 e. The zero-order chi connectivity index (χ0) is 24.1. The van der Waals surface area contributed by atoms with Crippen LogP contribution >= 0.6 is 23.6 Å². The third-order valence-electron chi connectivity index (χ3n) is 7.60. The van der Waals surface area contributed by atoms with Gasteiger partial charge in [-0.15, -0.1) is 11.3 Å². The third kappa shape index (κ3) is 5.90. The fourth-order valence-corrected chi connectivity index (χ4v) is 7.09. The first-order chi connectivity index (χ1) is 16.5. The van der Waals surface area contributed by atoms with Gasteiger partial charge < -0.3 is 19.0 Å². The molecule has 2 fully saturated rings. The van der Waals surface area contributed by atoms with Crippen LogP contribution in [0.3, 0.4) is 0 Å². The second-order valence-corrected chi connectivity index (χ2v) is 11.3. The highest BCUT2D eigenvalue weighted by molar-refractivity contribution is 7.80. The van der Waals surface area contributed by atoms with Crippen LogP contribution in [0.15, 0.2) is 28.2 Å². The second kappa shape index (κ2) is 12.1. The minimum absolute atomic E-state index is 0.210. The lowest BCUT2D eigenvalue weighted by molar-refractivity contribution is 0.113. The SMILES string of the molecule is CCN(CC)C(CC1CCC(C(c2cccs2)N(C)C)CC1)c1nc(N2CCOCC2=S)co1. The Morgan fingerprint density at radius 3 is 2.59 bits per heavy atom. The summed E-state index contributed by atoms with van der Waals surface area (Å²) in [7, 11) is 4.46. The van der Waals surface area contributed by atoms with Crippen molar-refractivity contribution >= 4 is 34.4 Å². The van der Waals surface area contributed by atoms with Crippen molar-refractivity contribution in [2.75, 3.05) is 51.8 Å². The molecule has 1 aliphatic carbocycles. The standard InChI is InChI=1S/C26H40N4O2S2/c1-5-29(6-2)21(26-27-23(17-32-26)30-13-14-31-18-24(30)33)16-19-9-11-20(12-10-19)25(28(3)4)22-8-7-15-34-22/h7-8,15,17,19-21,25H,5-6,9-14,16,18H2,1-4H3. The molecule has 34 heavy (non-hydrogen) atoms. The molecule has 2 unspecified atom stereocenters. The lowest BCUT2D eigenvalue weighted by Gasteiger charge is -2.38. The van der Waals surface area contributed by atoms with Gasteiger partial charge in [-0.1, -0.05) is 45.0 Å². The molecule has 188 valence electrons.